The van der Waals surface area contributed by atoms with E-state index < -0.39 is 6.04 Å². The van der Waals surface area contributed by atoms with Crippen molar-refractivity contribution in [1.82, 2.24) is 15.5 Å². The number of methoxy groups -OCH3 is 2. The van der Waals surface area contributed by atoms with E-state index in [0.29, 0.717) is 28.8 Å². The molecule has 0 spiro atoms. The third-order valence-corrected chi connectivity index (χ3v) is 3.81. The van der Waals surface area contributed by atoms with Crippen LogP contribution in [0.5, 0.6) is 11.5 Å². The molecule has 0 unspecified atom stereocenters. The van der Waals surface area contributed by atoms with Gasteiger partial charge in [0.15, 0.2) is 0 Å². The van der Waals surface area contributed by atoms with Gasteiger partial charge in [0.25, 0.3) is 5.91 Å². The standard InChI is InChI=1S/C19H19N3O4/c1-12(19-21-17(22-26-19)13-7-5-4-6-8-13)20-18(23)14-9-15(24-2)11-16(10-14)25-3/h4-12H,1-3H3,(H,20,23)/t12-/m0/s1. The van der Waals surface area contributed by atoms with Gasteiger partial charge in [-0.15, -0.1) is 0 Å². The Morgan fingerprint density at radius 1 is 1.08 bits per heavy atom. The van der Waals surface area contributed by atoms with Crippen LogP contribution in [0.25, 0.3) is 11.4 Å². The van der Waals surface area contributed by atoms with E-state index in [1.807, 2.05) is 30.3 Å². The Morgan fingerprint density at radius 2 is 1.73 bits per heavy atom. The van der Waals surface area contributed by atoms with E-state index in [1.165, 1.54) is 14.2 Å². The van der Waals surface area contributed by atoms with Gasteiger partial charge in [0.1, 0.15) is 17.5 Å². The Morgan fingerprint density at radius 3 is 2.35 bits per heavy atom. The summed E-state index contributed by atoms with van der Waals surface area (Å²) in [6, 6.07) is 14.0. The molecule has 1 amide bonds. The number of carbonyl (C=O) groups is 1. The highest BCUT2D eigenvalue weighted by atomic mass is 16.5. The molecule has 1 heterocycles. The fourth-order valence-electron chi connectivity index (χ4n) is 2.40. The smallest absolute Gasteiger partial charge is 0.252 e. The van der Waals surface area contributed by atoms with Gasteiger partial charge in [0.2, 0.25) is 11.7 Å². The number of carbonyl (C=O) groups excluding carboxylic acids is 1. The molecule has 0 aliphatic heterocycles. The molecule has 26 heavy (non-hydrogen) atoms. The third kappa shape index (κ3) is 3.83. The number of benzene rings is 2. The minimum absolute atomic E-state index is 0.297. The lowest BCUT2D eigenvalue weighted by molar-refractivity contribution is 0.0932. The first-order chi connectivity index (χ1) is 12.6. The van der Waals surface area contributed by atoms with Gasteiger partial charge < -0.3 is 19.3 Å². The SMILES string of the molecule is COc1cc(OC)cc(C(=O)N[C@@H](C)c2nc(-c3ccccc3)no2)c1. The summed E-state index contributed by atoms with van der Waals surface area (Å²) in [6.45, 7) is 1.78. The summed E-state index contributed by atoms with van der Waals surface area (Å²) >= 11 is 0. The van der Waals surface area contributed by atoms with Crippen LogP contribution in [0.3, 0.4) is 0 Å². The molecule has 7 heteroatoms. The largest absolute Gasteiger partial charge is 0.497 e. The molecule has 0 fully saturated rings. The van der Waals surface area contributed by atoms with Crippen LogP contribution < -0.4 is 14.8 Å². The lowest BCUT2D eigenvalue weighted by Gasteiger charge is -2.12. The molecule has 1 aromatic heterocycles. The second-order valence-corrected chi connectivity index (χ2v) is 5.62. The Bertz CT molecular complexity index is 871. The quantitative estimate of drug-likeness (QED) is 0.732. The van der Waals surface area contributed by atoms with Gasteiger partial charge in [0.05, 0.1) is 14.2 Å². The highest BCUT2D eigenvalue weighted by Crippen LogP contribution is 2.23. The maximum absolute atomic E-state index is 12.5. The summed E-state index contributed by atoms with van der Waals surface area (Å²) in [4.78, 5) is 16.9. The molecule has 2 aromatic carbocycles. The topological polar surface area (TPSA) is 86.5 Å². The van der Waals surface area contributed by atoms with Gasteiger partial charge in [-0.1, -0.05) is 35.5 Å². The Labute approximate surface area is 150 Å². The van der Waals surface area contributed by atoms with Crippen LogP contribution in [0.15, 0.2) is 53.1 Å². The van der Waals surface area contributed by atoms with E-state index >= 15 is 0 Å². The lowest BCUT2D eigenvalue weighted by Crippen LogP contribution is -2.26. The van der Waals surface area contributed by atoms with Crippen LogP contribution >= 0.6 is 0 Å². The molecule has 3 aromatic rings. The second-order valence-electron chi connectivity index (χ2n) is 5.62. The van der Waals surface area contributed by atoms with E-state index in [9.17, 15) is 4.79 Å². The molecule has 0 aliphatic carbocycles. The average molecular weight is 353 g/mol. The van der Waals surface area contributed by atoms with E-state index in [1.54, 1.807) is 25.1 Å². The number of rotatable bonds is 6. The van der Waals surface area contributed by atoms with Gasteiger partial charge in [-0.25, -0.2) is 0 Å². The second kappa shape index (κ2) is 7.69. The first kappa shape index (κ1) is 17.5. The van der Waals surface area contributed by atoms with Gasteiger partial charge in [-0.2, -0.15) is 4.98 Å². The Hall–Kier alpha value is -3.35. The minimum atomic E-state index is -0.454. The van der Waals surface area contributed by atoms with Crippen LogP contribution in [0, 0.1) is 0 Å². The van der Waals surface area contributed by atoms with Crippen LogP contribution in [-0.2, 0) is 0 Å². The van der Waals surface area contributed by atoms with E-state index in [-0.39, 0.29) is 5.91 Å². The number of nitrogens with one attached hydrogen (secondary N) is 1. The summed E-state index contributed by atoms with van der Waals surface area (Å²) in [5.74, 6) is 1.57. The van der Waals surface area contributed by atoms with Crippen LogP contribution in [-0.4, -0.2) is 30.3 Å². The van der Waals surface area contributed by atoms with Crippen molar-refractivity contribution < 1.29 is 18.8 Å². The molecule has 1 atom stereocenters. The predicted octanol–water partition coefficient (Wildman–Crippen LogP) is 3.24. The van der Waals surface area contributed by atoms with Gasteiger partial charge in [0, 0.05) is 17.2 Å². The number of hydrogen-bond donors (Lipinski definition) is 1. The van der Waals surface area contributed by atoms with Crippen molar-refractivity contribution in [3.8, 4) is 22.9 Å². The van der Waals surface area contributed by atoms with Crippen LogP contribution in [0.4, 0.5) is 0 Å². The van der Waals surface area contributed by atoms with Crippen LogP contribution in [0.1, 0.15) is 29.2 Å². The van der Waals surface area contributed by atoms with Crippen molar-refractivity contribution in [3.63, 3.8) is 0 Å². The zero-order chi connectivity index (χ0) is 18.5. The first-order valence-corrected chi connectivity index (χ1v) is 8.03. The zero-order valence-electron chi connectivity index (χ0n) is 14.7. The van der Waals surface area contributed by atoms with Crippen LogP contribution in [0.2, 0.25) is 0 Å². The van der Waals surface area contributed by atoms with Crippen molar-refractivity contribution in [1.29, 1.82) is 0 Å². The highest BCUT2D eigenvalue weighted by molar-refractivity contribution is 5.95. The summed E-state index contributed by atoms with van der Waals surface area (Å²) in [5, 5.41) is 6.80. The van der Waals surface area contributed by atoms with Crippen molar-refractivity contribution in [2.75, 3.05) is 14.2 Å². The monoisotopic (exact) mass is 353 g/mol. The molecule has 0 bridgehead atoms. The summed E-state index contributed by atoms with van der Waals surface area (Å²) in [5.41, 5.74) is 1.26. The fourth-order valence-corrected chi connectivity index (χ4v) is 2.40. The predicted molar refractivity (Wildman–Crippen MR) is 95.2 cm³/mol. The van der Waals surface area contributed by atoms with Crippen molar-refractivity contribution in [2.24, 2.45) is 0 Å². The van der Waals surface area contributed by atoms with E-state index in [4.69, 9.17) is 14.0 Å². The molecule has 0 radical (unpaired) electrons. The lowest BCUT2D eigenvalue weighted by atomic mass is 10.1. The molecule has 3 rings (SSSR count). The first-order valence-electron chi connectivity index (χ1n) is 8.03. The number of hydrogen-bond acceptors (Lipinski definition) is 6. The normalized spacial score (nSPS) is 11.7. The van der Waals surface area contributed by atoms with E-state index in [0.717, 1.165) is 5.56 Å². The molecule has 0 saturated heterocycles. The third-order valence-electron chi connectivity index (χ3n) is 3.81. The maximum Gasteiger partial charge on any atom is 0.252 e. The Balaban J connectivity index is 1.75. The number of nitrogens with zero attached hydrogens (tertiary/aromatic N) is 2. The summed E-state index contributed by atoms with van der Waals surface area (Å²) < 4.78 is 15.7. The molecular formula is C19H19N3O4. The summed E-state index contributed by atoms with van der Waals surface area (Å²) in [6.07, 6.45) is 0. The van der Waals surface area contributed by atoms with Crippen molar-refractivity contribution in [3.05, 3.63) is 60.0 Å². The Kier molecular flexibility index (Phi) is 5.17. The highest BCUT2D eigenvalue weighted by Gasteiger charge is 2.19. The minimum Gasteiger partial charge on any atom is -0.497 e. The maximum atomic E-state index is 12.5. The zero-order valence-corrected chi connectivity index (χ0v) is 14.7. The van der Waals surface area contributed by atoms with Crippen molar-refractivity contribution >= 4 is 5.91 Å². The molecule has 0 saturated carbocycles. The van der Waals surface area contributed by atoms with Gasteiger partial charge in [-0.05, 0) is 19.1 Å². The number of ether oxygens (including phenoxy) is 2. The molecular weight excluding hydrogens is 334 g/mol. The molecule has 134 valence electrons. The van der Waals surface area contributed by atoms with Crippen molar-refractivity contribution in [2.45, 2.75) is 13.0 Å². The summed E-state index contributed by atoms with van der Waals surface area (Å²) in [7, 11) is 3.06. The molecule has 7 nitrogen and oxygen atoms in total. The number of aromatic nitrogens is 2. The average Bonchev–Trinajstić information content (AvgIpc) is 3.18. The van der Waals surface area contributed by atoms with E-state index in [2.05, 4.69) is 15.5 Å². The molecule has 0 aliphatic rings. The fraction of sp³-hybridized carbons (Fsp3) is 0.211. The van der Waals surface area contributed by atoms with Gasteiger partial charge in [-0.3, -0.25) is 4.79 Å². The number of amides is 1. The van der Waals surface area contributed by atoms with Gasteiger partial charge >= 0.3 is 0 Å². The molecule has 1 N–H and O–H groups in total.